The number of aromatic nitrogens is 5. The van der Waals surface area contributed by atoms with Gasteiger partial charge in [-0.2, -0.15) is 4.98 Å². The molecule has 2 saturated heterocycles. The second kappa shape index (κ2) is 9.38. The third-order valence-electron chi connectivity index (χ3n) is 8.28. The van der Waals surface area contributed by atoms with Crippen LogP contribution in [0.3, 0.4) is 0 Å². The fourth-order valence-corrected chi connectivity index (χ4v) is 6.24. The van der Waals surface area contributed by atoms with Crippen molar-refractivity contribution in [2.24, 2.45) is 7.05 Å². The standard InChI is InChI=1S/C28H29ClN6O5/c1-14-11-17(15(2)30-19-5-6-20(29)32-22(19)24(37)38)21-18(12-14)23(36)35(4)25(33-21)28-9-7-27(8-10-28,13-39-28)26-31-16(3)34-40-26/h5-6,11-12,15,30H,7-10,13H2,1-4H3,(H,37,38)/t15-,27?,28?/m1/s1. The first-order valence-corrected chi connectivity index (χ1v) is 13.5. The molecule has 12 heteroatoms. The molecule has 0 spiro atoms. The SMILES string of the molecule is Cc1cc([C@@H](C)Nc2ccc(Cl)nc2C(=O)O)c2nc(C34CCC(c5nc(C)no5)(CC3)CO4)n(C)c(=O)c2c1. The number of fused-ring (bicyclic) bond motifs is 4. The van der Waals surface area contributed by atoms with Gasteiger partial charge in [0.15, 0.2) is 11.5 Å². The fraction of sp³-hybridized carbons (Fsp3) is 0.429. The second-order valence-electron chi connectivity index (χ2n) is 11.0. The first kappa shape index (κ1) is 26.4. The Bertz CT molecular complexity index is 1710. The second-order valence-corrected chi connectivity index (χ2v) is 11.3. The number of halogens is 1. The van der Waals surface area contributed by atoms with Crippen molar-refractivity contribution >= 4 is 34.2 Å². The summed E-state index contributed by atoms with van der Waals surface area (Å²) in [6, 6.07) is 6.50. The molecule has 1 aliphatic carbocycles. The van der Waals surface area contributed by atoms with Crippen LogP contribution in [-0.2, 0) is 22.8 Å². The van der Waals surface area contributed by atoms with Gasteiger partial charge >= 0.3 is 5.97 Å². The Labute approximate surface area is 234 Å². The van der Waals surface area contributed by atoms with E-state index >= 15 is 0 Å². The van der Waals surface area contributed by atoms with Crippen molar-refractivity contribution in [2.75, 3.05) is 11.9 Å². The lowest BCUT2D eigenvalue weighted by Gasteiger charge is -2.51. The van der Waals surface area contributed by atoms with E-state index in [0.717, 1.165) is 24.0 Å². The number of nitrogens with one attached hydrogen (secondary N) is 1. The van der Waals surface area contributed by atoms with E-state index < -0.39 is 17.6 Å². The van der Waals surface area contributed by atoms with Crippen LogP contribution in [-0.4, -0.2) is 42.4 Å². The fourth-order valence-electron chi connectivity index (χ4n) is 6.09. The van der Waals surface area contributed by atoms with Crippen molar-refractivity contribution in [1.82, 2.24) is 24.7 Å². The van der Waals surface area contributed by atoms with Crippen LogP contribution < -0.4 is 10.9 Å². The Morgan fingerprint density at radius 1 is 1.15 bits per heavy atom. The molecule has 3 aliphatic rings. The number of hydrogen-bond acceptors (Lipinski definition) is 9. The van der Waals surface area contributed by atoms with Crippen LogP contribution in [0.2, 0.25) is 5.15 Å². The molecule has 40 heavy (non-hydrogen) atoms. The minimum Gasteiger partial charge on any atom is -0.476 e. The monoisotopic (exact) mass is 564 g/mol. The summed E-state index contributed by atoms with van der Waals surface area (Å²) in [5.41, 5.74) is 1.13. The van der Waals surface area contributed by atoms with Gasteiger partial charge in [-0.25, -0.2) is 14.8 Å². The zero-order valence-corrected chi connectivity index (χ0v) is 23.4. The number of carbonyl (C=O) groups is 1. The van der Waals surface area contributed by atoms with Gasteiger partial charge in [0.1, 0.15) is 16.6 Å². The number of carboxylic acid groups (broad SMARTS) is 1. The molecule has 1 aromatic carbocycles. The Morgan fingerprint density at radius 3 is 2.52 bits per heavy atom. The summed E-state index contributed by atoms with van der Waals surface area (Å²) in [7, 11) is 1.74. The number of carboxylic acids is 1. The maximum absolute atomic E-state index is 13.7. The van der Waals surface area contributed by atoms with E-state index in [0.29, 0.717) is 53.6 Å². The van der Waals surface area contributed by atoms with Gasteiger partial charge in [-0.3, -0.25) is 9.36 Å². The summed E-state index contributed by atoms with van der Waals surface area (Å²) in [6.45, 7) is 6.02. The highest BCUT2D eigenvalue weighted by molar-refractivity contribution is 6.29. The lowest BCUT2D eigenvalue weighted by atomic mass is 9.65. The predicted molar refractivity (Wildman–Crippen MR) is 147 cm³/mol. The Hall–Kier alpha value is -3.83. The molecule has 208 valence electrons. The van der Waals surface area contributed by atoms with Crippen molar-refractivity contribution in [2.45, 2.75) is 63.5 Å². The molecule has 4 aromatic rings. The first-order chi connectivity index (χ1) is 19.0. The van der Waals surface area contributed by atoms with E-state index in [9.17, 15) is 14.7 Å². The number of pyridine rings is 1. The Morgan fingerprint density at radius 2 is 1.90 bits per heavy atom. The largest absolute Gasteiger partial charge is 0.476 e. The quantitative estimate of drug-likeness (QED) is 0.319. The van der Waals surface area contributed by atoms with Crippen LogP contribution in [0.4, 0.5) is 5.69 Å². The summed E-state index contributed by atoms with van der Waals surface area (Å²) in [4.78, 5) is 39.1. The molecule has 0 radical (unpaired) electrons. The van der Waals surface area contributed by atoms with Gasteiger partial charge in [0, 0.05) is 12.6 Å². The van der Waals surface area contributed by atoms with Crippen LogP contribution in [0.1, 0.15) is 77.8 Å². The van der Waals surface area contributed by atoms with Crippen LogP contribution in [0, 0.1) is 13.8 Å². The zero-order valence-electron chi connectivity index (χ0n) is 22.6. The third kappa shape index (κ3) is 4.15. The molecule has 11 nitrogen and oxygen atoms in total. The number of aryl methyl sites for hydroxylation is 2. The van der Waals surface area contributed by atoms with E-state index in [1.54, 1.807) is 24.6 Å². The van der Waals surface area contributed by atoms with Gasteiger partial charge in [0.05, 0.1) is 34.7 Å². The summed E-state index contributed by atoms with van der Waals surface area (Å²) < 4.78 is 13.7. The normalized spacial score (nSPS) is 22.9. The van der Waals surface area contributed by atoms with E-state index in [4.69, 9.17) is 25.8 Å². The van der Waals surface area contributed by atoms with Crippen LogP contribution in [0.25, 0.3) is 10.9 Å². The molecule has 3 aromatic heterocycles. The molecule has 5 heterocycles. The van der Waals surface area contributed by atoms with Gasteiger partial charge in [0.2, 0.25) is 5.89 Å². The highest BCUT2D eigenvalue weighted by atomic mass is 35.5. The molecule has 3 fully saturated rings. The molecule has 2 N–H and O–H groups in total. The predicted octanol–water partition coefficient (Wildman–Crippen LogP) is 4.59. The topological polar surface area (TPSA) is 145 Å². The Balaban J connectivity index is 1.41. The number of benzene rings is 1. The summed E-state index contributed by atoms with van der Waals surface area (Å²) in [5.74, 6) is 0.587. The minimum absolute atomic E-state index is 0.0869. The van der Waals surface area contributed by atoms with E-state index in [1.165, 1.54) is 6.07 Å². The Kier molecular flexibility index (Phi) is 6.19. The molecule has 1 atom stereocenters. The average Bonchev–Trinajstić information content (AvgIpc) is 3.39. The summed E-state index contributed by atoms with van der Waals surface area (Å²) in [6.07, 6.45) is 2.88. The first-order valence-electron chi connectivity index (χ1n) is 13.1. The highest BCUT2D eigenvalue weighted by Crippen LogP contribution is 2.53. The van der Waals surface area contributed by atoms with Crippen LogP contribution >= 0.6 is 11.6 Å². The smallest absolute Gasteiger partial charge is 0.356 e. The average molecular weight is 565 g/mol. The van der Waals surface area contributed by atoms with Crippen molar-refractivity contribution in [3.63, 3.8) is 0 Å². The molecule has 0 unspecified atom stereocenters. The number of nitrogens with zero attached hydrogens (tertiary/aromatic N) is 5. The molecule has 7 rings (SSSR count). The van der Waals surface area contributed by atoms with E-state index in [-0.39, 0.29) is 21.8 Å². The van der Waals surface area contributed by atoms with Gasteiger partial charge in [0.25, 0.3) is 5.56 Å². The highest BCUT2D eigenvalue weighted by Gasteiger charge is 2.55. The molecular weight excluding hydrogens is 536 g/mol. The molecule has 0 amide bonds. The van der Waals surface area contributed by atoms with Gasteiger partial charge in [-0.1, -0.05) is 22.8 Å². The number of hydrogen-bond donors (Lipinski definition) is 2. The van der Waals surface area contributed by atoms with Gasteiger partial charge in [-0.05, 0) is 70.2 Å². The third-order valence-corrected chi connectivity index (χ3v) is 8.50. The maximum Gasteiger partial charge on any atom is 0.356 e. The van der Waals surface area contributed by atoms with Crippen molar-refractivity contribution < 1.29 is 19.2 Å². The van der Waals surface area contributed by atoms with Crippen LogP contribution in [0.5, 0.6) is 0 Å². The lowest BCUT2D eigenvalue weighted by molar-refractivity contribution is -0.174. The van der Waals surface area contributed by atoms with E-state index in [1.807, 2.05) is 26.0 Å². The number of ether oxygens (including phenoxy) is 1. The molecular formula is C28H29ClN6O5. The number of aromatic carboxylic acids is 1. The number of rotatable bonds is 6. The van der Waals surface area contributed by atoms with Crippen molar-refractivity contribution in [3.05, 3.63) is 74.1 Å². The molecule has 2 bridgehead atoms. The summed E-state index contributed by atoms with van der Waals surface area (Å²) in [5, 5.41) is 17.4. The zero-order chi connectivity index (χ0) is 28.4. The lowest BCUT2D eigenvalue weighted by Crippen LogP contribution is -2.53. The van der Waals surface area contributed by atoms with Crippen molar-refractivity contribution in [3.8, 4) is 0 Å². The molecule has 1 saturated carbocycles. The molecule has 2 aliphatic heterocycles. The number of anilines is 1. The van der Waals surface area contributed by atoms with Crippen molar-refractivity contribution in [1.29, 1.82) is 0 Å². The van der Waals surface area contributed by atoms with Gasteiger partial charge < -0.3 is 19.7 Å². The van der Waals surface area contributed by atoms with Gasteiger partial charge in [-0.15, -0.1) is 0 Å². The minimum atomic E-state index is -1.20. The van der Waals surface area contributed by atoms with Crippen LogP contribution in [0.15, 0.2) is 33.6 Å². The summed E-state index contributed by atoms with van der Waals surface area (Å²) >= 11 is 5.94. The maximum atomic E-state index is 13.7. The van der Waals surface area contributed by atoms with E-state index in [2.05, 4.69) is 20.4 Å².